The van der Waals surface area contributed by atoms with Gasteiger partial charge >= 0.3 is 0 Å². The normalized spacial score (nSPS) is 10.9. The summed E-state index contributed by atoms with van der Waals surface area (Å²) in [6.45, 7) is 5.77. The van der Waals surface area contributed by atoms with Crippen LogP contribution in [0.1, 0.15) is 12.7 Å². The molecule has 1 heterocycles. The molecule has 2 rings (SSSR count). The minimum absolute atomic E-state index is 0.548. The van der Waals surface area contributed by atoms with Gasteiger partial charge < -0.3 is 13.9 Å². The molecular weight excluding hydrogens is 204 g/mol. The molecule has 86 valence electrons. The average Bonchev–Trinajstić information content (AvgIpc) is 2.65. The van der Waals surface area contributed by atoms with E-state index in [4.69, 9.17) is 13.9 Å². The Hall–Kier alpha value is -1.48. The summed E-state index contributed by atoms with van der Waals surface area (Å²) in [4.78, 5) is 0. The van der Waals surface area contributed by atoms with Gasteiger partial charge in [-0.15, -0.1) is 0 Å². The Bertz CT molecular complexity index is 459. The molecule has 0 N–H and O–H groups in total. The summed E-state index contributed by atoms with van der Waals surface area (Å²) in [5.74, 6) is 1.68. The van der Waals surface area contributed by atoms with E-state index in [9.17, 15) is 0 Å². The van der Waals surface area contributed by atoms with E-state index < -0.39 is 0 Å². The average molecular weight is 220 g/mol. The molecule has 3 heteroatoms. The summed E-state index contributed by atoms with van der Waals surface area (Å²) in [6.07, 6.45) is 0. The Morgan fingerprint density at radius 3 is 2.94 bits per heavy atom. The van der Waals surface area contributed by atoms with Gasteiger partial charge in [-0.1, -0.05) is 12.1 Å². The zero-order chi connectivity index (χ0) is 11.4. The molecule has 0 amide bonds. The maximum Gasteiger partial charge on any atom is 0.176 e. The second-order valence-corrected chi connectivity index (χ2v) is 3.58. The Morgan fingerprint density at radius 2 is 2.12 bits per heavy atom. The molecule has 2 aromatic rings. The summed E-state index contributed by atoms with van der Waals surface area (Å²) < 4.78 is 16.4. The van der Waals surface area contributed by atoms with Crippen molar-refractivity contribution >= 4 is 11.0 Å². The van der Waals surface area contributed by atoms with Crippen molar-refractivity contribution in [3.8, 4) is 5.75 Å². The molecule has 16 heavy (non-hydrogen) atoms. The highest BCUT2D eigenvalue weighted by Gasteiger charge is 2.06. The van der Waals surface area contributed by atoms with E-state index in [1.165, 1.54) is 0 Å². The van der Waals surface area contributed by atoms with E-state index >= 15 is 0 Å². The maximum atomic E-state index is 5.62. The van der Waals surface area contributed by atoms with Gasteiger partial charge in [0.05, 0.1) is 6.61 Å². The number of benzene rings is 1. The van der Waals surface area contributed by atoms with Crippen molar-refractivity contribution in [2.75, 3.05) is 19.8 Å². The van der Waals surface area contributed by atoms with E-state index in [2.05, 4.69) is 0 Å². The number of aryl methyl sites for hydroxylation is 1. The van der Waals surface area contributed by atoms with Crippen LogP contribution >= 0.6 is 0 Å². The van der Waals surface area contributed by atoms with Crippen LogP contribution in [-0.4, -0.2) is 19.8 Å². The van der Waals surface area contributed by atoms with Crippen LogP contribution in [0.5, 0.6) is 5.75 Å². The largest absolute Gasteiger partial charge is 0.487 e. The minimum atomic E-state index is 0.548. The van der Waals surface area contributed by atoms with Crippen LogP contribution in [0.2, 0.25) is 0 Å². The summed E-state index contributed by atoms with van der Waals surface area (Å²) in [7, 11) is 0. The Morgan fingerprint density at radius 1 is 1.25 bits per heavy atom. The molecule has 0 radical (unpaired) electrons. The first-order valence-corrected chi connectivity index (χ1v) is 5.51. The smallest absolute Gasteiger partial charge is 0.176 e. The molecule has 0 atom stereocenters. The van der Waals surface area contributed by atoms with Gasteiger partial charge in [-0.05, 0) is 26.0 Å². The first-order chi connectivity index (χ1) is 7.81. The SMILES string of the molecule is CCOCCOc1cccc2cc(C)oc12. The second kappa shape index (κ2) is 5.03. The van der Waals surface area contributed by atoms with Crippen molar-refractivity contribution in [2.45, 2.75) is 13.8 Å². The lowest BCUT2D eigenvalue weighted by Crippen LogP contribution is -2.06. The van der Waals surface area contributed by atoms with Gasteiger partial charge in [-0.25, -0.2) is 0 Å². The highest BCUT2D eigenvalue weighted by Crippen LogP contribution is 2.28. The van der Waals surface area contributed by atoms with Gasteiger partial charge in [0, 0.05) is 12.0 Å². The van der Waals surface area contributed by atoms with Crippen molar-refractivity contribution in [2.24, 2.45) is 0 Å². The monoisotopic (exact) mass is 220 g/mol. The highest BCUT2D eigenvalue weighted by molar-refractivity contribution is 5.83. The molecule has 0 aliphatic heterocycles. The second-order valence-electron chi connectivity index (χ2n) is 3.58. The van der Waals surface area contributed by atoms with Crippen LogP contribution in [0.4, 0.5) is 0 Å². The molecule has 0 aliphatic rings. The molecule has 1 aromatic heterocycles. The van der Waals surface area contributed by atoms with Crippen LogP contribution in [0, 0.1) is 6.92 Å². The Labute approximate surface area is 95.0 Å². The fourth-order valence-corrected chi connectivity index (χ4v) is 1.63. The molecule has 3 nitrogen and oxygen atoms in total. The van der Waals surface area contributed by atoms with Crippen molar-refractivity contribution in [1.82, 2.24) is 0 Å². The molecule has 0 saturated carbocycles. The lowest BCUT2D eigenvalue weighted by Gasteiger charge is -2.06. The predicted octanol–water partition coefficient (Wildman–Crippen LogP) is 3.16. The lowest BCUT2D eigenvalue weighted by atomic mass is 10.2. The summed E-state index contributed by atoms with van der Waals surface area (Å²) >= 11 is 0. The molecule has 0 fully saturated rings. The Kier molecular flexibility index (Phi) is 3.47. The Balaban J connectivity index is 2.11. The van der Waals surface area contributed by atoms with Crippen molar-refractivity contribution < 1.29 is 13.9 Å². The maximum absolute atomic E-state index is 5.62. The zero-order valence-electron chi connectivity index (χ0n) is 9.66. The first-order valence-electron chi connectivity index (χ1n) is 5.51. The lowest BCUT2D eigenvalue weighted by molar-refractivity contribution is 0.110. The van der Waals surface area contributed by atoms with Crippen LogP contribution in [0.15, 0.2) is 28.7 Å². The fraction of sp³-hybridized carbons (Fsp3) is 0.385. The number of ether oxygens (including phenoxy) is 2. The molecule has 1 aromatic carbocycles. The topological polar surface area (TPSA) is 31.6 Å². The summed E-state index contributed by atoms with van der Waals surface area (Å²) in [6, 6.07) is 7.90. The summed E-state index contributed by atoms with van der Waals surface area (Å²) in [5, 5.41) is 1.08. The molecular formula is C13H16O3. The van der Waals surface area contributed by atoms with E-state index in [0.717, 1.165) is 22.5 Å². The first kappa shape index (κ1) is 11.0. The van der Waals surface area contributed by atoms with E-state index in [1.807, 2.05) is 38.1 Å². The molecule has 0 unspecified atom stereocenters. The predicted molar refractivity (Wildman–Crippen MR) is 62.9 cm³/mol. The third-order valence-corrected chi connectivity index (χ3v) is 2.32. The number of hydrogen-bond acceptors (Lipinski definition) is 3. The zero-order valence-corrected chi connectivity index (χ0v) is 9.66. The quantitative estimate of drug-likeness (QED) is 0.725. The number of rotatable bonds is 5. The van der Waals surface area contributed by atoms with E-state index in [0.29, 0.717) is 19.8 Å². The van der Waals surface area contributed by atoms with Crippen molar-refractivity contribution in [1.29, 1.82) is 0 Å². The number of para-hydroxylation sites is 1. The van der Waals surface area contributed by atoms with E-state index in [1.54, 1.807) is 0 Å². The van der Waals surface area contributed by atoms with Crippen LogP contribution in [0.3, 0.4) is 0 Å². The number of hydrogen-bond donors (Lipinski definition) is 0. The third kappa shape index (κ3) is 2.36. The van der Waals surface area contributed by atoms with Gasteiger partial charge in [0.1, 0.15) is 12.4 Å². The standard InChI is InChI=1S/C13H16O3/c1-3-14-7-8-15-12-6-4-5-11-9-10(2)16-13(11)12/h4-6,9H,3,7-8H2,1-2H3. The molecule has 0 spiro atoms. The van der Waals surface area contributed by atoms with Gasteiger partial charge in [-0.2, -0.15) is 0 Å². The van der Waals surface area contributed by atoms with Gasteiger partial charge in [0.25, 0.3) is 0 Å². The van der Waals surface area contributed by atoms with Crippen molar-refractivity contribution in [3.63, 3.8) is 0 Å². The van der Waals surface area contributed by atoms with Crippen LogP contribution in [0.25, 0.3) is 11.0 Å². The molecule has 0 aliphatic carbocycles. The summed E-state index contributed by atoms with van der Waals surface area (Å²) in [5.41, 5.74) is 0.816. The van der Waals surface area contributed by atoms with Gasteiger partial charge in [0.2, 0.25) is 0 Å². The molecule has 0 saturated heterocycles. The van der Waals surface area contributed by atoms with Crippen LogP contribution < -0.4 is 4.74 Å². The molecule has 0 bridgehead atoms. The highest BCUT2D eigenvalue weighted by atomic mass is 16.5. The van der Waals surface area contributed by atoms with Crippen molar-refractivity contribution in [3.05, 3.63) is 30.0 Å². The third-order valence-electron chi connectivity index (χ3n) is 2.32. The number of fused-ring (bicyclic) bond motifs is 1. The fourth-order valence-electron chi connectivity index (χ4n) is 1.63. The van der Waals surface area contributed by atoms with Gasteiger partial charge in [-0.3, -0.25) is 0 Å². The minimum Gasteiger partial charge on any atom is -0.487 e. The van der Waals surface area contributed by atoms with Gasteiger partial charge in [0.15, 0.2) is 11.3 Å². The number of furan rings is 1. The van der Waals surface area contributed by atoms with Crippen LogP contribution in [-0.2, 0) is 4.74 Å². The van der Waals surface area contributed by atoms with E-state index in [-0.39, 0.29) is 0 Å².